The quantitative estimate of drug-likeness (QED) is 0.777. The van der Waals surface area contributed by atoms with Crippen LogP contribution >= 0.6 is 11.3 Å². The Morgan fingerprint density at radius 2 is 2.00 bits per heavy atom. The van der Waals surface area contributed by atoms with Gasteiger partial charge in [-0.3, -0.25) is 9.69 Å². The number of hydrogen-bond acceptors (Lipinski definition) is 5. The van der Waals surface area contributed by atoms with Gasteiger partial charge in [0.25, 0.3) is 0 Å². The van der Waals surface area contributed by atoms with Gasteiger partial charge in [-0.05, 0) is 17.9 Å². The highest BCUT2D eigenvalue weighted by atomic mass is 32.2. The number of piperazine rings is 1. The Hall–Kier alpha value is -0.920. The lowest BCUT2D eigenvalue weighted by atomic mass is 10.2. The number of hydrogen-bond donors (Lipinski definition) is 0. The Morgan fingerprint density at radius 1 is 1.29 bits per heavy atom. The molecule has 118 valence electrons. The number of nitrogens with zero attached hydrogens (tertiary/aromatic N) is 2. The molecule has 0 unspecified atom stereocenters. The molecule has 0 atom stereocenters. The SMILES string of the molecule is CS(=O)(=O)CCN1CCN(C(=O)CCc2cccs2)CC1. The second kappa shape index (κ2) is 7.38. The van der Waals surface area contributed by atoms with Crippen LogP contribution in [0, 0.1) is 0 Å². The molecule has 0 N–H and O–H groups in total. The maximum absolute atomic E-state index is 12.1. The molecule has 1 saturated heterocycles. The lowest BCUT2D eigenvalue weighted by molar-refractivity contribution is -0.132. The van der Waals surface area contributed by atoms with E-state index in [1.54, 1.807) is 11.3 Å². The van der Waals surface area contributed by atoms with Crippen LogP contribution in [0.15, 0.2) is 17.5 Å². The van der Waals surface area contributed by atoms with Gasteiger partial charge in [-0.2, -0.15) is 0 Å². The molecule has 7 heteroatoms. The standard InChI is InChI=1S/C14H22N2O3S2/c1-21(18,19)12-10-15-6-8-16(9-7-15)14(17)5-4-13-3-2-11-20-13/h2-3,11H,4-10,12H2,1H3. The predicted octanol–water partition coefficient (Wildman–Crippen LogP) is 0.870. The number of rotatable bonds is 6. The Labute approximate surface area is 130 Å². The van der Waals surface area contributed by atoms with E-state index in [9.17, 15) is 13.2 Å². The molecule has 0 spiro atoms. The summed E-state index contributed by atoms with van der Waals surface area (Å²) in [6, 6.07) is 4.06. The molecule has 1 aromatic rings. The second-order valence-corrected chi connectivity index (χ2v) is 8.72. The Balaban J connectivity index is 1.69. The molecule has 1 fully saturated rings. The third kappa shape index (κ3) is 5.76. The zero-order valence-electron chi connectivity index (χ0n) is 12.3. The molecule has 1 aliphatic rings. The molecule has 1 amide bonds. The van der Waals surface area contributed by atoms with E-state index < -0.39 is 9.84 Å². The van der Waals surface area contributed by atoms with E-state index in [0.717, 1.165) is 19.5 Å². The Morgan fingerprint density at radius 3 is 2.57 bits per heavy atom. The van der Waals surface area contributed by atoms with Gasteiger partial charge in [0.15, 0.2) is 0 Å². The summed E-state index contributed by atoms with van der Waals surface area (Å²) in [7, 11) is -2.91. The van der Waals surface area contributed by atoms with Crippen LogP contribution in [-0.2, 0) is 21.1 Å². The lowest BCUT2D eigenvalue weighted by Crippen LogP contribution is -2.49. The fourth-order valence-corrected chi connectivity index (χ4v) is 3.66. The van der Waals surface area contributed by atoms with Crippen molar-refractivity contribution in [3.05, 3.63) is 22.4 Å². The molecule has 0 bridgehead atoms. The third-order valence-electron chi connectivity index (χ3n) is 3.67. The van der Waals surface area contributed by atoms with E-state index in [0.29, 0.717) is 26.1 Å². The summed E-state index contributed by atoms with van der Waals surface area (Å²) in [5, 5.41) is 2.03. The maximum Gasteiger partial charge on any atom is 0.223 e. The van der Waals surface area contributed by atoms with E-state index >= 15 is 0 Å². The highest BCUT2D eigenvalue weighted by Gasteiger charge is 2.21. The zero-order valence-corrected chi connectivity index (χ0v) is 14.0. The first-order valence-corrected chi connectivity index (χ1v) is 10.1. The summed E-state index contributed by atoms with van der Waals surface area (Å²) < 4.78 is 22.3. The number of amides is 1. The lowest BCUT2D eigenvalue weighted by Gasteiger charge is -2.34. The zero-order chi connectivity index (χ0) is 15.3. The summed E-state index contributed by atoms with van der Waals surface area (Å²) in [5.74, 6) is 0.394. The molecule has 2 rings (SSSR count). The molecule has 21 heavy (non-hydrogen) atoms. The van der Waals surface area contributed by atoms with E-state index in [-0.39, 0.29) is 11.7 Å². The van der Waals surface area contributed by atoms with Crippen molar-refractivity contribution in [1.29, 1.82) is 0 Å². The van der Waals surface area contributed by atoms with Gasteiger partial charge in [0.2, 0.25) is 5.91 Å². The van der Waals surface area contributed by atoms with Crippen LogP contribution in [0.2, 0.25) is 0 Å². The normalized spacial score (nSPS) is 17.1. The van der Waals surface area contributed by atoms with Crippen LogP contribution in [-0.4, -0.2) is 68.9 Å². The fourth-order valence-electron chi connectivity index (χ4n) is 2.36. The number of carbonyl (C=O) groups is 1. The van der Waals surface area contributed by atoms with Crippen LogP contribution in [0.25, 0.3) is 0 Å². The molecule has 0 aliphatic carbocycles. The highest BCUT2D eigenvalue weighted by molar-refractivity contribution is 7.90. The van der Waals surface area contributed by atoms with Crippen LogP contribution in [0.5, 0.6) is 0 Å². The van der Waals surface area contributed by atoms with Crippen molar-refractivity contribution in [3.63, 3.8) is 0 Å². The van der Waals surface area contributed by atoms with Crippen molar-refractivity contribution < 1.29 is 13.2 Å². The van der Waals surface area contributed by atoms with Crippen LogP contribution < -0.4 is 0 Å². The average Bonchev–Trinajstić information content (AvgIpc) is 2.95. The first-order valence-electron chi connectivity index (χ1n) is 7.14. The van der Waals surface area contributed by atoms with E-state index in [1.807, 2.05) is 16.3 Å². The highest BCUT2D eigenvalue weighted by Crippen LogP contribution is 2.12. The molecule has 0 aromatic carbocycles. The van der Waals surface area contributed by atoms with Gasteiger partial charge in [0, 0.05) is 50.3 Å². The smallest absolute Gasteiger partial charge is 0.223 e. The van der Waals surface area contributed by atoms with Crippen molar-refractivity contribution in [2.75, 3.05) is 44.7 Å². The molecule has 0 radical (unpaired) electrons. The minimum Gasteiger partial charge on any atom is -0.340 e. The number of sulfone groups is 1. The van der Waals surface area contributed by atoms with Crippen molar-refractivity contribution >= 4 is 27.1 Å². The molecule has 0 saturated carbocycles. The van der Waals surface area contributed by atoms with Crippen LogP contribution in [0.4, 0.5) is 0 Å². The monoisotopic (exact) mass is 330 g/mol. The summed E-state index contributed by atoms with van der Waals surface area (Å²) in [6.07, 6.45) is 2.63. The van der Waals surface area contributed by atoms with Crippen LogP contribution in [0.3, 0.4) is 0 Å². The van der Waals surface area contributed by atoms with E-state index in [2.05, 4.69) is 11.0 Å². The van der Waals surface area contributed by atoms with Gasteiger partial charge < -0.3 is 4.90 Å². The van der Waals surface area contributed by atoms with Gasteiger partial charge in [-0.15, -0.1) is 11.3 Å². The Bertz CT molecular complexity index is 547. The molecule has 1 aliphatic heterocycles. The fraction of sp³-hybridized carbons (Fsp3) is 0.643. The van der Waals surface area contributed by atoms with E-state index in [4.69, 9.17) is 0 Å². The van der Waals surface area contributed by atoms with Gasteiger partial charge in [0.1, 0.15) is 9.84 Å². The maximum atomic E-state index is 12.1. The number of aryl methyl sites for hydroxylation is 1. The average molecular weight is 330 g/mol. The number of carbonyl (C=O) groups excluding carboxylic acids is 1. The second-order valence-electron chi connectivity index (χ2n) is 5.43. The van der Waals surface area contributed by atoms with Crippen LogP contribution in [0.1, 0.15) is 11.3 Å². The van der Waals surface area contributed by atoms with Crippen molar-refractivity contribution in [2.24, 2.45) is 0 Å². The van der Waals surface area contributed by atoms with Gasteiger partial charge >= 0.3 is 0 Å². The Kier molecular flexibility index (Phi) is 5.78. The first kappa shape index (κ1) is 16.5. The first-order chi connectivity index (χ1) is 9.94. The van der Waals surface area contributed by atoms with Crippen molar-refractivity contribution in [1.82, 2.24) is 9.80 Å². The summed E-state index contributed by atoms with van der Waals surface area (Å²) in [5.41, 5.74) is 0. The number of thiophene rings is 1. The molecular formula is C14H22N2O3S2. The topological polar surface area (TPSA) is 57.7 Å². The molecule has 5 nitrogen and oxygen atoms in total. The minimum absolute atomic E-state index is 0.194. The molecular weight excluding hydrogens is 308 g/mol. The molecule has 1 aromatic heterocycles. The largest absolute Gasteiger partial charge is 0.340 e. The minimum atomic E-state index is -2.91. The molecule has 2 heterocycles. The summed E-state index contributed by atoms with van der Waals surface area (Å²) in [6.45, 7) is 3.50. The predicted molar refractivity (Wildman–Crippen MR) is 85.4 cm³/mol. The van der Waals surface area contributed by atoms with Crippen molar-refractivity contribution in [2.45, 2.75) is 12.8 Å². The summed E-state index contributed by atoms with van der Waals surface area (Å²) in [4.78, 5) is 17.4. The van der Waals surface area contributed by atoms with Gasteiger partial charge in [-0.1, -0.05) is 6.07 Å². The van der Waals surface area contributed by atoms with Crippen molar-refractivity contribution in [3.8, 4) is 0 Å². The van der Waals surface area contributed by atoms with E-state index in [1.165, 1.54) is 11.1 Å². The summed E-state index contributed by atoms with van der Waals surface area (Å²) >= 11 is 1.68. The van der Waals surface area contributed by atoms with Gasteiger partial charge in [-0.25, -0.2) is 8.42 Å². The third-order valence-corrected chi connectivity index (χ3v) is 5.53. The van der Waals surface area contributed by atoms with Gasteiger partial charge in [0.05, 0.1) is 5.75 Å².